The molecule has 1 rings (SSSR count). The van der Waals surface area contributed by atoms with Crippen molar-refractivity contribution in [2.75, 3.05) is 19.8 Å². The Morgan fingerprint density at radius 1 is 1.10 bits per heavy atom. The number of nitrogens with one attached hydrogen (secondary N) is 1. The zero-order chi connectivity index (χ0) is 14.8. The van der Waals surface area contributed by atoms with Gasteiger partial charge in [0.25, 0.3) is 0 Å². The maximum atomic E-state index is 11.9. The molecule has 2 N–H and O–H groups in total. The average molecular weight is 285 g/mol. The molecular formula is C15H27NO4. The Morgan fingerprint density at radius 2 is 1.70 bits per heavy atom. The molecule has 0 bridgehead atoms. The molecule has 0 aromatic rings. The number of carbonyl (C=O) groups excluding carboxylic acids is 1. The molecule has 5 heteroatoms. The van der Waals surface area contributed by atoms with Crippen LogP contribution in [0.15, 0.2) is 0 Å². The van der Waals surface area contributed by atoms with Crippen LogP contribution in [0.1, 0.15) is 51.9 Å². The first-order chi connectivity index (χ1) is 9.65. The van der Waals surface area contributed by atoms with Crippen LogP contribution < -0.4 is 5.32 Å². The lowest BCUT2D eigenvalue weighted by molar-refractivity contribution is -0.144. The van der Waals surface area contributed by atoms with E-state index in [1.807, 2.05) is 0 Å². The molecule has 116 valence electrons. The molecule has 0 saturated heterocycles. The molecule has 0 unspecified atom stereocenters. The molecule has 0 aromatic carbocycles. The van der Waals surface area contributed by atoms with Crippen molar-refractivity contribution in [3.63, 3.8) is 0 Å². The fraction of sp³-hybridized carbons (Fsp3) is 0.867. The van der Waals surface area contributed by atoms with Crippen molar-refractivity contribution in [1.29, 1.82) is 0 Å². The van der Waals surface area contributed by atoms with Crippen LogP contribution in [0.4, 0.5) is 0 Å². The Bertz CT molecular complexity index is 298. The summed E-state index contributed by atoms with van der Waals surface area (Å²) in [6.07, 6.45) is 5.67. The summed E-state index contributed by atoms with van der Waals surface area (Å²) >= 11 is 0. The van der Waals surface area contributed by atoms with Crippen molar-refractivity contribution >= 4 is 11.9 Å². The van der Waals surface area contributed by atoms with Crippen molar-refractivity contribution in [3.05, 3.63) is 0 Å². The molecule has 20 heavy (non-hydrogen) atoms. The third-order valence-electron chi connectivity index (χ3n) is 3.85. The molecule has 0 spiro atoms. The topological polar surface area (TPSA) is 75.6 Å². The molecular weight excluding hydrogens is 258 g/mol. The summed E-state index contributed by atoms with van der Waals surface area (Å²) < 4.78 is 5.43. The number of aliphatic carboxylic acids is 1. The van der Waals surface area contributed by atoms with Crippen molar-refractivity contribution in [1.82, 2.24) is 5.32 Å². The van der Waals surface area contributed by atoms with Crippen LogP contribution in [0, 0.1) is 11.8 Å². The van der Waals surface area contributed by atoms with Gasteiger partial charge in [-0.3, -0.25) is 9.59 Å². The summed E-state index contributed by atoms with van der Waals surface area (Å²) in [6, 6.07) is 0. The number of unbranched alkanes of at least 4 members (excludes halogenated alkanes) is 1. The number of amides is 1. The predicted molar refractivity (Wildman–Crippen MR) is 76.4 cm³/mol. The SMILES string of the molecule is CCCCOCCCNC(=O)C1CCC(C(=O)O)CC1. The van der Waals surface area contributed by atoms with Gasteiger partial charge in [-0.25, -0.2) is 0 Å². The lowest BCUT2D eigenvalue weighted by Gasteiger charge is -2.25. The summed E-state index contributed by atoms with van der Waals surface area (Å²) in [5, 5.41) is 11.8. The predicted octanol–water partition coefficient (Wildman–Crippen LogP) is 2.20. The molecule has 0 aromatic heterocycles. The normalized spacial score (nSPS) is 22.4. The molecule has 5 nitrogen and oxygen atoms in total. The first-order valence-corrected chi connectivity index (χ1v) is 7.73. The van der Waals surface area contributed by atoms with E-state index in [2.05, 4.69) is 12.2 Å². The molecule has 1 aliphatic rings. The second kappa shape index (κ2) is 9.75. The van der Waals surface area contributed by atoms with Crippen LogP contribution in [0.2, 0.25) is 0 Å². The first-order valence-electron chi connectivity index (χ1n) is 7.73. The van der Waals surface area contributed by atoms with Gasteiger partial charge in [0.15, 0.2) is 0 Å². The lowest BCUT2D eigenvalue weighted by atomic mass is 9.81. The Balaban J connectivity index is 2.04. The van der Waals surface area contributed by atoms with Gasteiger partial charge in [-0.2, -0.15) is 0 Å². The summed E-state index contributed by atoms with van der Waals surface area (Å²) in [5.74, 6) is -0.923. The van der Waals surface area contributed by atoms with E-state index in [1.54, 1.807) is 0 Å². The highest BCUT2D eigenvalue weighted by molar-refractivity contribution is 5.79. The van der Waals surface area contributed by atoms with Gasteiger partial charge in [0.2, 0.25) is 5.91 Å². The average Bonchev–Trinajstić information content (AvgIpc) is 2.46. The minimum atomic E-state index is -0.729. The molecule has 0 heterocycles. The Kier molecular flexibility index (Phi) is 8.26. The minimum Gasteiger partial charge on any atom is -0.481 e. The van der Waals surface area contributed by atoms with Crippen LogP contribution in [0.3, 0.4) is 0 Å². The number of carbonyl (C=O) groups is 2. The van der Waals surface area contributed by atoms with Crippen LogP contribution in [-0.2, 0) is 14.3 Å². The van der Waals surface area contributed by atoms with Gasteiger partial charge >= 0.3 is 5.97 Å². The quantitative estimate of drug-likeness (QED) is 0.637. The maximum Gasteiger partial charge on any atom is 0.306 e. The summed E-state index contributed by atoms with van der Waals surface area (Å²) in [7, 11) is 0. The van der Waals surface area contributed by atoms with E-state index in [4.69, 9.17) is 9.84 Å². The highest BCUT2D eigenvalue weighted by Gasteiger charge is 2.29. The highest BCUT2D eigenvalue weighted by Crippen LogP contribution is 2.28. The summed E-state index contributed by atoms with van der Waals surface area (Å²) in [6.45, 7) is 4.25. The standard InChI is InChI=1S/C15H27NO4/c1-2-3-10-20-11-4-9-16-14(17)12-5-7-13(8-6-12)15(18)19/h12-13H,2-11H2,1H3,(H,16,17)(H,18,19). The van der Waals surface area contributed by atoms with E-state index >= 15 is 0 Å². The van der Waals surface area contributed by atoms with Gasteiger partial charge in [0.1, 0.15) is 0 Å². The molecule has 1 aliphatic carbocycles. The number of carboxylic acid groups (broad SMARTS) is 1. The second-order valence-corrected chi connectivity index (χ2v) is 5.50. The van der Waals surface area contributed by atoms with Crippen LogP contribution in [0.5, 0.6) is 0 Å². The minimum absolute atomic E-state index is 0.00777. The van der Waals surface area contributed by atoms with E-state index in [9.17, 15) is 9.59 Å². The van der Waals surface area contributed by atoms with Gasteiger partial charge < -0.3 is 15.2 Å². The van der Waals surface area contributed by atoms with Gasteiger partial charge in [0.05, 0.1) is 5.92 Å². The number of hydrogen-bond donors (Lipinski definition) is 2. The molecule has 0 aliphatic heterocycles. The third-order valence-corrected chi connectivity index (χ3v) is 3.85. The Hall–Kier alpha value is -1.10. The smallest absolute Gasteiger partial charge is 0.306 e. The highest BCUT2D eigenvalue weighted by atomic mass is 16.5. The third kappa shape index (κ3) is 6.37. The molecule has 1 saturated carbocycles. The zero-order valence-electron chi connectivity index (χ0n) is 12.4. The van der Waals surface area contributed by atoms with Gasteiger partial charge in [-0.15, -0.1) is 0 Å². The number of rotatable bonds is 9. The van der Waals surface area contributed by atoms with E-state index < -0.39 is 5.97 Å². The molecule has 1 fully saturated rings. The van der Waals surface area contributed by atoms with Gasteiger partial charge in [-0.05, 0) is 38.5 Å². The fourth-order valence-electron chi connectivity index (χ4n) is 2.48. The monoisotopic (exact) mass is 285 g/mol. The van der Waals surface area contributed by atoms with Crippen molar-refractivity contribution < 1.29 is 19.4 Å². The maximum absolute atomic E-state index is 11.9. The van der Waals surface area contributed by atoms with Crippen LogP contribution in [0.25, 0.3) is 0 Å². The Morgan fingerprint density at radius 3 is 2.30 bits per heavy atom. The van der Waals surface area contributed by atoms with E-state index in [0.717, 1.165) is 25.9 Å². The zero-order valence-corrected chi connectivity index (χ0v) is 12.4. The van der Waals surface area contributed by atoms with E-state index in [-0.39, 0.29) is 17.7 Å². The number of hydrogen-bond acceptors (Lipinski definition) is 3. The van der Waals surface area contributed by atoms with Gasteiger partial charge in [-0.1, -0.05) is 13.3 Å². The Labute approximate surface area is 121 Å². The van der Waals surface area contributed by atoms with Crippen molar-refractivity contribution in [2.45, 2.75) is 51.9 Å². The van der Waals surface area contributed by atoms with Crippen molar-refractivity contribution in [3.8, 4) is 0 Å². The van der Waals surface area contributed by atoms with Crippen molar-refractivity contribution in [2.24, 2.45) is 11.8 Å². The largest absolute Gasteiger partial charge is 0.481 e. The summed E-state index contributed by atoms with van der Waals surface area (Å²) in [5.41, 5.74) is 0. The summed E-state index contributed by atoms with van der Waals surface area (Å²) in [4.78, 5) is 22.7. The fourth-order valence-corrected chi connectivity index (χ4v) is 2.48. The van der Waals surface area contributed by atoms with Gasteiger partial charge in [0, 0.05) is 25.7 Å². The second-order valence-electron chi connectivity index (χ2n) is 5.50. The van der Waals surface area contributed by atoms with E-state index in [1.165, 1.54) is 0 Å². The molecule has 0 radical (unpaired) electrons. The number of ether oxygens (including phenoxy) is 1. The van der Waals surface area contributed by atoms with E-state index in [0.29, 0.717) is 38.8 Å². The number of carboxylic acids is 1. The van der Waals surface area contributed by atoms with Crippen LogP contribution in [-0.4, -0.2) is 36.7 Å². The molecule has 1 amide bonds. The first kappa shape index (κ1) is 17.0. The lowest BCUT2D eigenvalue weighted by Crippen LogP contribution is -2.35. The van der Waals surface area contributed by atoms with Crippen LogP contribution >= 0.6 is 0 Å². The molecule has 0 atom stereocenters.